The number of hydrogen-bond acceptors (Lipinski definition) is 4. The van der Waals surface area contributed by atoms with Crippen LogP contribution in [0.4, 0.5) is 5.69 Å². The molecule has 1 saturated heterocycles. The second kappa shape index (κ2) is 7.03. The third-order valence-electron chi connectivity index (χ3n) is 5.01. The molecule has 134 valence electrons. The average molecular weight is 368 g/mol. The molecule has 0 aliphatic carbocycles. The Morgan fingerprint density at radius 1 is 1.12 bits per heavy atom. The van der Waals surface area contributed by atoms with Gasteiger partial charge in [-0.15, -0.1) is 11.8 Å². The van der Waals surface area contributed by atoms with Gasteiger partial charge in [0, 0.05) is 23.5 Å². The number of hydrogen-bond donors (Lipinski definition) is 2. The second-order valence-electron chi connectivity index (χ2n) is 6.71. The maximum Gasteiger partial charge on any atom is 0.253 e. The van der Waals surface area contributed by atoms with Gasteiger partial charge in [-0.1, -0.05) is 12.1 Å². The zero-order valence-corrected chi connectivity index (χ0v) is 15.1. The lowest BCUT2D eigenvalue weighted by atomic mass is 9.89. The lowest BCUT2D eigenvalue weighted by Gasteiger charge is -2.32. The number of phenolic OH excluding ortho intramolecular Hbond substituents is 1. The average Bonchev–Trinajstić information content (AvgIpc) is 2.67. The molecule has 0 atom stereocenters. The molecule has 0 radical (unpaired) electrons. The number of nitrogens with one attached hydrogen (secondary N) is 1. The number of aromatic hydroxyl groups is 1. The van der Waals surface area contributed by atoms with E-state index in [0.717, 1.165) is 23.4 Å². The van der Waals surface area contributed by atoms with Gasteiger partial charge in [0.05, 0.1) is 11.4 Å². The third-order valence-corrected chi connectivity index (χ3v) is 6.08. The van der Waals surface area contributed by atoms with Crippen LogP contribution in [0.5, 0.6) is 5.75 Å². The van der Waals surface area contributed by atoms with Gasteiger partial charge >= 0.3 is 0 Å². The van der Waals surface area contributed by atoms with Crippen LogP contribution < -0.4 is 5.32 Å². The molecule has 0 saturated carbocycles. The lowest BCUT2D eigenvalue weighted by Crippen LogP contribution is -2.38. The first-order chi connectivity index (χ1) is 12.6. The van der Waals surface area contributed by atoms with Crippen LogP contribution >= 0.6 is 11.8 Å². The van der Waals surface area contributed by atoms with Gasteiger partial charge in [-0.3, -0.25) is 9.59 Å². The molecule has 2 aromatic rings. The van der Waals surface area contributed by atoms with E-state index >= 15 is 0 Å². The van der Waals surface area contributed by atoms with E-state index < -0.39 is 0 Å². The number of benzene rings is 2. The first-order valence-corrected chi connectivity index (χ1v) is 9.73. The maximum atomic E-state index is 12.8. The topological polar surface area (TPSA) is 69.6 Å². The Morgan fingerprint density at radius 3 is 2.58 bits per heavy atom. The van der Waals surface area contributed by atoms with Gasteiger partial charge in [0.2, 0.25) is 5.91 Å². The number of thioether (sulfide) groups is 1. The van der Waals surface area contributed by atoms with Crippen LogP contribution in [0.15, 0.2) is 47.4 Å². The van der Waals surface area contributed by atoms with Crippen molar-refractivity contribution in [2.45, 2.75) is 23.7 Å². The van der Waals surface area contributed by atoms with E-state index in [0.29, 0.717) is 30.3 Å². The first kappa shape index (κ1) is 17.0. The van der Waals surface area contributed by atoms with Gasteiger partial charge in [-0.25, -0.2) is 0 Å². The van der Waals surface area contributed by atoms with Gasteiger partial charge in [0.15, 0.2) is 0 Å². The van der Waals surface area contributed by atoms with Gasteiger partial charge in [0.25, 0.3) is 5.91 Å². The number of anilines is 1. The van der Waals surface area contributed by atoms with Crippen molar-refractivity contribution < 1.29 is 14.7 Å². The zero-order valence-electron chi connectivity index (χ0n) is 14.3. The first-order valence-electron chi connectivity index (χ1n) is 8.75. The van der Waals surface area contributed by atoms with E-state index in [4.69, 9.17) is 0 Å². The van der Waals surface area contributed by atoms with Crippen molar-refractivity contribution in [3.8, 4) is 5.75 Å². The second-order valence-corrected chi connectivity index (χ2v) is 7.72. The molecule has 0 aromatic heterocycles. The molecule has 6 heteroatoms. The third kappa shape index (κ3) is 3.42. The van der Waals surface area contributed by atoms with E-state index in [1.807, 2.05) is 29.2 Å². The molecule has 0 unspecified atom stereocenters. The number of phenols is 1. The van der Waals surface area contributed by atoms with Gasteiger partial charge in [-0.05, 0) is 54.7 Å². The van der Waals surface area contributed by atoms with Crippen molar-refractivity contribution >= 4 is 29.3 Å². The number of amides is 2. The smallest absolute Gasteiger partial charge is 0.253 e. The summed E-state index contributed by atoms with van der Waals surface area (Å²) in [6.45, 7) is 1.42. The van der Waals surface area contributed by atoms with Crippen molar-refractivity contribution in [3.05, 3.63) is 53.6 Å². The standard InChI is InChI=1S/C20H20N2O3S/c23-16-4-1-13(2-5-16)14-7-9-22(10-8-14)20(25)15-3-6-18-17(11-15)21-19(24)12-26-18/h1-6,11,14,23H,7-10,12H2,(H,21,24). The molecule has 4 rings (SSSR count). The van der Waals surface area contributed by atoms with Crippen molar-refractivity contribution in [1.82, 2.24) is 4.90 Å². The van der Waals surface area contributed by atoms with E-state index in [1.54, 1.807) is 18.2 Å². The fourth-order valence-corrected chi connectivity index (χ4v) is 4.35. The van der Waals surface area contributed by atoms with Gasteiger partial charge < -0.3 is 15.3 Å². The molecule has 2 amide bonds. The van der Waals surface area contributed by atoms with Crippen LogP contribution in [0, 0.1) is 0 Å². The van der Waals surface area contributed by atoms with Crippen LogP contribution in [-0.2, 0) is 4.79 Å². The summed E-state index contributed by atoms with van der Waals surface area (Å²) < 4.78 is 0. The molecule has 0 spiro atoms. The number of nitrogens with zero attached hydrogens (tertiary/aromatic N) is 1. The van der Waals surface area contributed by atoms with Crippen molar-refractivity contribution in [2.24, 2.45) is 0 Å². The Morgan fingerprint density at radius 2 is 1.85 bits per heavy atom. The summed E-state index contributed by atoms with van der Waals surface area (Å²) in [5.74, 6) is 1.10. The fourth-order valence-electron chi connectivity index (χ4n) is 3.56. The normalized spacial score (nSPS) is 17.5. The molecule has 26 heavy (non-hydrogen) atoms. The highest BCUT2D eigenvalue weighted by molar-refractivity contribution is 8.00. The largest absolute Gasteiger partial charge is 0.508 e. The highest BCUT2D eigenvalue weighted by atomic mass is 32.2. The minimum absolute atomic E-state index is 0.0155. The number of fused-ring (bicyclic) bond motifs is 1. The summed E-state index contributed by atoms with van der Waals surface area (Å²) >= 11 is 1.50. The lowest BCUT2D eigenvalue weighted by molar-refractivity contribution is -0.113. The van der Waals surface area contributed by atoms with E-state index in [2.05, 4.69) is 5.32 Å². The molecular formula is C20H20N2O3S. The van der Waals surface area contributed by atoms with Crippen molar-refractivity contribution in [3.63, 3.8) is 0 Å². The molecular weight excluding hydrogens is 348 g/mol. The Labute approximate surface area is 156 Å². The minimum Gasteiger partial charge on any atom is -0.508 e. The quantitative estimate of drug-likeness (QED) is 0.852. The molecule has 1 fully saturated rings. The number of rotatable bonds is 2. The molecule has 2 aromatic carbocycles. The Hall–Kier alpha value is -2.47. The van der Waals surface area contributed by atoms with Crippen LogP contribution in [0.1, 0.15) is 34.7 Å². The predicted octanol–water partition coefficient (Wildman–Crippen LogP) is 3.46. The monoisotopic (exact) mass is 368 g/mol. The Kier molecular flexibility index (Phi) is 4.59. The molecule has 0 bridgehead atoms. The fraction of sp³-hybridized carbons (Fsp3) is 0.300. The summed E-state index contributed by atoms with van der Waals surface area (Å²) in [6.07, 6.45) is 1.82. The minimum atomic E-state index is -0.0261. The summed E-state index contributed by atoms with van der Waals surface area (Å²) in [5.41, 5.74) is 2.56. The highest BCUT2D eigenvalue weighted by Gasteiger charge is 2.25. The number of piperidine rings is 1. The summed E-state index contributed by atoms with van der Waals surface area (Å²) in [7, 11) is 0. The molecule has 2 heterocycles. The van der Waals surface area contributed by atoms with E-state index in [-0.39, 0.29) is 17.6 Å². The summed E-state index contributed by atoms with van der Waals surface area (Å²) in [4.78, 5) is 27.3. The van der Waals surface area contributed by atoms with Crippen LogP contribution in [0.3, 0.4) is 0 Å². The van der Waals surface area contributed by atoms with Gasteiger partial charge in [0.1, 0.15) is 5.75 Å². The number of carbonyl (C=O) groups is 2. The molecule has 2 aliphatic rings. The Balaban J connectivity index is 1.43. The van der Waals surface area contributed by atoms with E-state index in [9.17, 15) is 14.7 Å². The Bertz CT molecular complexity index is 843. The predicted molar refractivity (Wildman–Crippen MR) is 102 cm³/mol. The SMILES string of the molecule is O=C1CSc2ccc(C(=O)N3CCC(c4ccc(O)cc4)CC3)cc2N1. The molecule has 5 nitrogen and oxygen atoms in total. The van der Waals surface area contributed by atoms with Gasteiger partial charge in [-0.2, -0.15) is 0 Å². The van der Waals surface area contributed by atoms with Crippen LogP contribution in [0.25, 0.3) is 0 Å². The zero-order chi connectivity index (χ0) is 18.1. The summed E-state index contributed by atoms with van der Waals surface area (Å²) in [6, 6.07) is 12.9. The molecule has 2 aliphatic heterocycles. The number of likely N-dealkylation sites (tertiary alicyclic amines) is 1. The summed E-state index contributed by atoms with van der Waals surface area (Å²) in [5, 5.41) is 12.3. The molecule has 2 N–H and O–H groups in total. The van der Waals surface area contributed by atoms with E-state index in [1.165, 1.54) is 17.3 Å². The highest BCUT2D eigenvalue weighted by Crippen LogP contribution is 2.33. The van der Waals surface area contributed by atoms with Crippen LogP contribution in [-0.4, -0.2) is 40.7 Å². The maximum absolute atomic E-state index is 12.8. The number of carbonyl (C=O) groups excluding carboxylic acids is 2. The van der Waals surface area contributed by atoms with Crippen molar-refractivity contribution in [1.29, 1.82) is 0 Å². The van der Waals surface area contributed by atoms with Crippen LogP contribution in [0.2, 0.25) is 0 Å². The van der Waals surface area contributed by atoms with Crippen molar-refractivity contribution in [2.75, 3.05) is 24.2 Å².